The Morgan fingerprint density at radius 3 is 2.50 bits per heavy atom. The van der Waals surface area contributed by atoms with Crippen molar-refractivity contribution in [3.63, 3.8) is 0 Å². The van der Waals surface area contributed by atoms with Crippen LogP contribution in [-0.4, -0.2) is 25.2 Å². The van der Waals surface area contributed by atoms with E-state index in [-0.39, 0.29) is 24.1 Å². The summed E-state index contributed by atoms with van der Waals surface area (Å²) in [7, 11) is 2.87. The van der Waals surface area contributed by atoms with E-state index in [1.54, 1.807) is 12.1 Å². The number of phenols is 1. The number of hydrogen-bond donors (Lipinski definition) is 2. The van der Waals surface area contributed by atoms with Gasteiger partial charge in [0.05, 0.1) is 14.2 Å². The van der Waals surface area contributed by atoms with Gasteiger partial charge in [0.25, 0.3) is 0 Å². The predicted molar refractivity (Wildman–Crippen MR) is 55.7 cm³/mol. The van der Waals surface area contributed by atoms with Crippen LogP contribution in [0.15, 0.2) is 18.2 Å². The molecule has 0 atom stereocenters. The van der Waals surface area contributed by atoms with E-state index in [1.165, 1.54) is 20.3 Å². The van der Waals surface area contributed by atoms with Gasteiger partial charge in [0.15, 0.2) is 11.5 Å². The maximum absolute atomic E-state index is 9.25. The summed E-state index contributed by atoms with van der Waals surface area (Å²) in [5.41, 5.74) is 0.567. The van der Waals surface area contributed by atoms with Crippen LogP contribution in [-0.2, 0) is 4.74 Å². The monoisotopic (exact) mass is 217 g/mol. The first-order valence-corrected chi connectivity index (χ1v) is 3.69. The molecule has 0 aliphatic rings. The molecule has 0 amide bonds. The minimum atomic E-state index is 0. The highest BCUT2D eigenvalue weighted by Crippen LogP contribution is 2.26. The van der Waals surface area contributed by atoms with Crippen LogP contribution < -0.4 is 4.74 Å². The van der Waals surface area contributed by atoms with Gasteiger partial charge in [-0.25, -0.2) is 0 Å². The summed E-state index contributed by atoms with van der Waals surface area (Å²) in [6.07, 6.45) is 0. The molecule has 78 valence electrons. The summed E-state index contributed by atoms with van der Waals surface area (Å²) >= 11 is 0. The van der Waals surface area contributed by atoms with Crippen LogP contribution in [0.5, 0.6) is 11.5 Å². The fraction of sp³-hybridized carbons (Fsp3) is 0.222. The summed E-state index contributed by atoms with van der Waals surface area (Å²) in [6.45, 7) is 0. The van der Waals surface area contributed by atoms with Crippen molar-refractivity contribution in [3.05, 3.63) is 23.8 Å². The van der Waals surface area contributed by atoms with Gasteiger partial charge in [0, 0.05) is 5.56 Å². The molecule has 0 heterocycles. The van der Waals surface area contributed by atoms with Gasteiger partial charge in [-0.15, -0.1) is 12.4 Å². The molecule has 0 aliphatic heterocycles. The van der Waals surface area contributed by atoms with E-state index in [0.29, 0.717) is 11.3 Å². The van der Waals surface area contributed by atoms with Crippen LogP contribution >= 0.6 is 12.4 Å². The Kier molecular flexibility index (Phi) is 4.80. The minimum absolute atomic E-state index is 0. The number of ether oxygens (including phenoxy) is 2. The Morgan fingerprint density at radius 2 is 2.00 bits per heavy atom. The second-order valence-corrected chi connectivity index (χ2v) is 2.42. The predicted octanol–water partition coefficient (Wildman–Crippen LogP) is 1.79. The third-order valence-electron chi connectivity index (χ3n) is 1.65. The quantitative estimate of drug-likeness (QED) is 0.587. The van der Waals surface area contributed by atoms with E-state index in [9.17, 15) is 5.11 Å². The maximum atomic E-state index is 9.25. The van der Waals surface area contributed by atoms with E-state index < -0.39 is 0 Å². The van der Waals surface area contributed by atoms with Crippen molar-refractivity contribution in [2.45, 2.75) is 0 Å². The van der Waals surface area contributed by atoms with Crippen LogP contribution in [0.25, 0.3) is 0 Å². The number of halogens is 1. The number of aromatic hydroxyl groups is 1. The van der Waals surface area contributed by atoms with E-state index in [0.717, 1.165) is 0 Å². The first kappa shape index (κ1) is 12.6. The molecule has 0 radical (unpaired) electrons. The average Bonchev–Trinajstić information content (AvgIpc) is 2.17. The largest absolute Gasteiger partial charge is 0.504 e. The lowest BCUT2D eigenvalue weighted by Gasteiger charge is -2.06. The van der Waals surface area contributed by atoms with Crippen LogP contribution in [0.1, 0.15) is 5.56 Å². The highest BCUT2D eigenvalue weighted by molar-refractivity contribution is 5.92. The van der Waals surface area contributed by atoms with E-state index in [4.69, 9.17) is 14.9 Å². The number of rotatable bonds is 2. The Balaban J connectivity index is 0.00000169. The molecule has 5 heteroatoms. The highest BCUT2D eigenvalue weighted by atomic mass is 35.5. The molecule has 0 aromatic heterocycles. The molecule has 1 rings (SSSR count). The zero-order valence-corrected chi connectivity index (χ0v) is 8.72. The lowest BCUT2D eigenvalue weighted by atomic mass is 10.2. The standard InChI is InChI=1S/C9H11NO3.ClH/c1-12-8-5-6(9(10)13-2)3-4-7(8)11;/h3-5,10-11H,1-2H3;1H. The molecule has 0 saturated carbocycles. The molecule has 0 fully saturated rings. The molecule has 1 aromatic rings. The lowest BCUT2D eigenvalue weighted by molar-refractivity contribution is 0.372. The van der Waals surface area contributed by atoms with Crippen molar-refractivity contribution < 1.29 is 14.6 Å². The average molecular weight is 218 g/mol. The van der Waals surface area contributed by atoms with Crippen LogP contribution in [0.4, 0.5) is 0 Å². The summed E-state index contributed by atoms with van der Waals surface area (Å²) in [4.78, 5) is 0. The minimum Gasteiger partial charge on any atom is -0.504 e. The van der Waals surface area contributed by atoms with Crippen molar-refractivity contribution >= 4 is 18.3 Å². The Morgan fingerprint density at radius 1 is 1.36 bits per heavy atom. The summed E-state index contributed by atoms with van der Waals surface area (Å²) in [5, 5.41) is 16.6. The number of benzene rings is 1. The van der Waals surface area contributed by atoms with Crippen molar-refractivity contribution in [1.82, 2.24) is 0 Å². The van der Waals surface area contributed by atoms with E-state index in [1.807, 2.05) is 0 Å². The second kappa shape index (κ2) is 5.34. The lowest BCUT2D eigenvalue weighted by Crippen LogP contribution is -2.01. The van der Waals surface area contributed by atoms with Crippen LogP contribution in [0.3, 0.4) is 0 Å². The van der Waals surface area contributed by atoms with Gasteiger partial charge < -0.3 is 14.6 Å². The molecule has 14 heavy (non-hydrogen) atoms. The first-order valence-electron chi connectivity index (χ1n) is 3.69. The number of hydrogen-bond acceptors (Lipinski definition) is 4. The van der Waals surface area contributed by atoms with Crippen molar-refractivity contribution in [1.29, 1.82) is 5.41 Å². The van der Waals surface area contributed by atoms with Gasteiger partial charge in [-0.05, 0) is 18.2 Å². The van der Waals surface area contributed by atoms with Gasteiger partial charge in [-0.3, -0.25) is 5.41 Å². The molecule has 0 unspecified atom stereocenters. The van der Waals surface area contributed by atoms with Crippen molar-refractivity contribution in [2.24, 2.45) is 0 Å². The highest BCUT2D eigenvalue weighted by Gasteiger charge is 2.06. The number of phenolic OH excluding ortho intramolecular Hbond substituents is 1. The Bertz CT molecular complexity index is 328. The second-order valence-electron chi connectivity index (χ2n) is 2.42. The molecule has 0 spiro atoms. The molecule has 2 N–H and O–H groups in total. The van der Waals surface area contributed by atoms with Crippen LogP contribution in [0.2, 0.25) is 0 Å². The van der Waals surface area contributed by atoms with E-state index >= 15 is 0 Å². The van der Waals surface area contributed by atoms with E-state index in [2.05, 4.69) is 0 Å². The Hall–Kier alpha value is -1.42. The third-order valence-corrected chi connectivity index (χ3v) is 1.65. The van der Waals surface area contributed by atoms with Crippen molar-refractivity contribution in [2.75, 3.05) is 14.2 Å². The number of nitrogens with one attached hydrogen (secondary N) is 1. The molecular formula is C9H12ClNO3. The zero-order chi connectivity index (χ0) is 9.84. The topological polar surface area (TPSA) is 62.5 Å². The fourth-order valence-electron chi connectivity index (χ4n) is 0.937. The maximum Gasteiger partial charge on any atom is 0.213 e. The number of methoxy groups -OCH3 is 2. The third kappa shape index (κ3) is 2.53. The molecule has 0 saturated heterocycles. The smallest absolute Gasteiger partial charge is 0.213 e. The molecule has 0 aliphatic carbocycles. The molecule has 4 nitrogen and oxygen atoms in total. The SMILES string of the molecule is COC(=N)c1ccc(O)c(OC)c1.Cl. The van der Waals surface area contributed by atoms with Gasteiger partial charge >= 0.3 is 0 Å². The molecular weight excluding hydrogens is 206 g/mol. The van der Waals surface area contributed by atoms with Gasteiger partial charge in [-0.1, -0.05) is 0 Å². The summed E-state index contributed by atoms with van der Waals surface area (Å²) in [6, 6.07) is 4.59. The van der Waals surface area contributed by atoms with Gasteiger partial charge in [0.2, 0.25) is 5.90 Å². The molecule has 1 aromatic carbocycles. The van der Waals surface area contributed by atoms with Crippen LogP contribution in [0, 0.1) is 5.41 Å². The van der Waals surface area contributed by atoms with Crippen molar-refractivity contribution in [3.8, 4) is 11.5 Å². The van der Waals surface area contributed by atoms with Gasteiger partial charge in [0.1, 0.15) is 0 Å². The van der Waals surface area contributed by atoms with Gasteiger partial charge in [-0.2, -0.15) is 0 Å². The summed E-state index contributed by atoms with van der Waals surface area (Å²) < 4.78 is 9.60. The fourth-order valence-corrected chi connectivity index (χ4v) is 0.937. The Labute approximate surface area is 88.4 Å². The normalized spacial score (nSPS) is 8.71. The zero-order valence-electron chi connectivity index (χ0n) is 7.90. The summed E-state index contributed by atoms with van der Waals surface area (Å²) in [5.74, 6) is 0.424. The molecule has 0 bridgehead atoms. The first-order chi connectivity index (χ1) is 6.19.